The Kier molecular flexibility index (Phi) is 5.47. The molecule has 1 aromatic rings. The van der Waals surface area contributed by atoms with Gasteiger partial charge in [0.1, 0.15) is 0 Å². The minimum Gasteiger partial charge on any atom is -0.396 e. The van der Waals surface area contributed by atoms with Gasteiger partial charge in [-0.05, 0) is 25.0 Å². The lowest BCUT2D eigenvalue weighted by molar-refractivity contribution is 0.132. The molecule has 3 heteroatoms. The van der Waals surface area contributed by atoms with Gasteiger partial charge in [0.05, 0.1) is 0 Å². The van der Waals surface area contributed by atoms with Crippen molar-refractivity contribution in [3.8, 4) is 0 Å². The number of benzene rings is 1. The minimum absolute atomic E-state index is 0. The predicted octanol–water partition coefficient (Wildman–Crippen LogP) is 2.74. The maximum absolute atomic E-state index is 9.31. The maximum Gasteiger partial charge on any atom is 0.0500 e. The number of rotatable bonds is 3. The van der Waals surface area contributed by atoms with Crippen LogP contribution >= 0.6 is 12.4 Å². The van der Waals surface area contributed by atoms with Crippen LogP contribution in [0.25, 0.3) is 0 Å². The molecule has 1 rings (SSSR count). The van der Waals surface area contributed by atoms with Gasteiger partial charge in [-0.25, -0.2) is 0 Å². The Bertz CT molecular complexity index is 350. The van der Waals surface area contributed by atoms with Gasteiger partial charge in [0.25, 0.3) is 0 Å². The molecule has 0 aliphatic rings. The molecule has 0 aliphatic carbocycles. The zero-order valence-corrected chi connectivity index (χ0v) is 11.3. The average molecular weight is 244 g/mol. The lowest BCUT2D eigenvalue weighted by Crippen LogP contribution is -2.32. The smallest absolute Gasteiger partial charge is 0.0500 e. The van der Waals surface area contributed by atoms with Crippen LogP contribution < -0.4 is 5.73 Å². The minimum atomic E-state index is -0.279. The Labute approximate surface area is 104 Å². The van der Waals surface area contributed by atoms with Gasteiger partial charge in [-0.2, -0.15) is 0 Å². The van der Waals surface area contributed by atoms with Crippen molar-refractivity contribution in [2.75, 3.05) is 6.61 Å². The van der Waals surface area contributed by atoms with Crippen molar-refractivity contribution >= 4 is 12.4 Å². The van der Waals surface area contributed by atoms with Crippen LogP contribution in [0.15, 0.2) is 18.2 Å². The summed E-state index contributed by atoms with van der Waals surface area (Å²) in [5.74, 6) is 0. The van der Waals surface area contributed by atoms with Crippen molar-refractivity contribution in [1.29, 1.82) is 0 Å². The van der Waals surface area contributed by atoms with Gasteiger partial charge >= 0.3 is 0 Å². The molecule has 1 aromatic carbocycles. The lowest BCUT2D eigenvalue weighted by atomic mass is 9.80. The Morgan fingerprint density at radius 3 is 2.38 bits per heavy atom. The molecule has 0 saturated carbocycles. The van der Waals surface area contributed by atoms with Crippen molar-refractivity contribution < 1.29 is 5.11 Å². The van der Waals surface area contributed by atoms with Crippen molar-refractivity contribution in [2.24, 2.45) is 11.1 Å². The second-order valence-corrected chi connectivity index (χ2v) is 4.98. The van der Waals surface area contributed by atoms with Gasteiger partial charge in [0.15, 0.2) is 0 Å². The summed E-state index contributed by atoms with van der Waals surface area (Å²) in [6.07, 6.45) is 0. The Balaban J connectivity index is 0.00000225. The van der Waals surface area contributed by atoms with E-state index >= 15 is 0 Å². The summed E-state index contributed by atoms with van der Waals surface area (Å²) in [5, 5.41) is 9.31. The molecule has 0 fully saturated rings. The van der Waals surface area contributed by atoms with E-state index in [9.17, 15) is 5.11 Å². The van der Waals surface area contributed by atoms with E-state index in [1.807, 2.05) is 13.8 Å². The number of halogens is 1. The summed E-state index contributed by atoms with van der Waals surface area (Å²) in [5.41, 5.74) is 9.44. The third-order valence-corrected chi connectivity index (χ3v) is 3.02. The molecule has 2 nitrogen and oxygen atoms in total. The monoisotopic (exact) mass is 243 g/mol. The Hall–Kier alpha value is -0.570. The van der Waals surface area contributed by atoms with Crippen LogP contribution in [0.4, 0.5) is 0 Å². The van der Waals surface area contributed by atoms with Crippen molar-refractivity contribution in [1.82, 2.24) is 0 Å². The first-order valence-corrected chi connectivity index (χ1v) is 5.32. The highest BCUT2D eigenvalue weighted by atomic mass is 35.5. The maximum atomic E-state index is 9.31. The van der Waals surface area contributed by atoms with Gasteiger partial charge in [-0.1, -0.05) is 37.6 Å². The highest BCUT2D eigenvalue weighted by Crippen LogP contribution is 2.32. The molecule has 0 aliphatic heterocycles. The molecule has 0 heterocycles. The molecular formula is C13H22ClNO. The fraction of sp³-hybridized carbons (Fsp3) is 0.538. The highest BCUT2D eigenvalue weighted by molar-refractivity contribution is 5.85. The normalized spacial score (nSPS) is 13.1. The second kappa shape index (κ2) is 5.67. The number of aliphatic hydroxyl groups is 1. The van der Waals surface area contributed by atoms with E-state index in [-0.39, 0.29) is 30.5 Å². The van der Waals surface area contributed by atoms with Gasteiger partial charge in [-0.15, -0.1) is 12.4 Å². The van der Waals surface area contributed by atoms with Crippen LogP contribution in [0, 0.1) is 19.3 Å². The fourth-order valence-electron chi connectivity index (χ4n) is 1.61. The van der Waals surface area contributed by atoms with Crippen molar-refractivity contribution in [2.45, 2.75) is 33.7 Å². The lowest BCUT2D eigenvalue weighted by Gasteiger charge is -2.31. The van der Waals surface area contributed by atoms with E-state index in [1.54, 1.807) is 0 Å². The van der Waals surface area contributed by atoms with Crippen LogP contribution in [-0.2, 0) is 0 Å². The number of hydrogen-bond donors (Lipinski definition) is 2. The topological polar surface area (TPSA) is 46.2 Å². The Morgan fingerprint density at radius 2 is 1.88 bits per heavy atom. The van der Waals surface area contributed by atoms with E-state index in [0.29, 0.717) is 0 Å². The second-order valence-electron chi connectivity index (χ2n) is 4.98. The van der Waals surface area contributed by atoms with Crippen molar-refractivity contribution in [3.63, 3.8) is 0 Å². The zero-order valence-electron chi connectivity index (χ0n) is 10.4. The molecule has 0 amide bonds. The summed E-state index contributed by atoms with van der Waals surface area (Å²) in [6.45, 7) is 8.18. The number of aryl methyl sites for hydroxylation is 2. The van der Waals surface area contributed by atoms with E-state index < -0.39 is 0 Å². The molecule has 92 valence electrons. The molecule has 0 saturated heterocycles. The summed E-state index contributed by atoms with van der Waals surface area (Å²) in [7, 11) is 0. The zero-order chi connectivity index (χ0) is 11.6. The van der Waals surface area contributed by atoms with Gasteiger partial charge < -0.3 is 10.8 Å². The quantitative estimate of drug-likeness (QED) is 0.858. The number of aliphatic hydroxyl groups excluding tert-OH is 1. The van der Waals surface area contributed by atoms with Gasteiger partial charge in [0, 0.05) is 18.1 Å². The summed E-state index contributed by atoms with van der Waals surface area (Å²) in [6, 6.07) is 6.15. The largest absolute Gasteiger partial charge is 0.396 e. The molecule has 0 radical (unpaired) electrons. The Morgan fingerprint density at radius 1 is 1.31 bits per heavy atom. The molecule has 0 spiro atoms. The molecule has 16 heavy (non-hydrogen) atoms. The third kappa shape index (κ3) is 3.21. The number of nitrogens with two attached hydrogens (primary N) is 1. The highest BCUT2D eigenvalue weighted by Gasteiger charge is 2.27. The molecule has 0 aromatic heterocycles. The van der Waals surface area contributed by atoms with Crippen LogP contribution in [-0.4, -0.2) is 11.7 Å². The summed E-state index contributed by atoms with van der Waals surface area (Å²) in [4.78, 5) is 0. The SMILES string of the molecule is Cc1ccc(C)c([C@H](N)C(C)(C)CO)c1.Cl. The van der Waals surface area contributed by atoms with E-state index in [1.165, 1.54) is 11.1 Å². The van der Waals surface area contributed by atoms with Crippen LogP contribution in [0.1, 0.15) is 36.6 Å². The molecule has 0 bridgehead atoms. The van der Waals surface area contributed by atoms with Gasteiger partial charge in [-0.3, -0.25) is 0 Å². The first-order valence-electron chi connectivity index (χ1n) is 5.32. The fourth-order valence-corrected chi connectivity index (χ4v) is 1.61. The first-order chi connectivity index (χ1) is 6.88. The van der Waals surface area contributed by atoms with Crippen LogP contribution in [0.3, 0.4) is 0 Å². The van der Waals surface area contributed by atoms with E-state index in [4.69, 9.17) is 5.73 Å². The standard InChI is InChI=1S/C13H21NO.ClH/c1-9-5-6-10(2)11(7-9)12(14)13(3,4)8-15;/h5-7,12,15H,8,14H2,1-4H3;1H/t12-;/m0./s1. The van der Waals surface area contributed by atoms with Gasteiger partial charge in [0.2, 0.25) is 0 Å². The summed E-state index contributed by atoms with van der Waals surface area (Å²) < 4.78 is 0. The molecular weight excluding hydrogens is 222 g/mol. The van der Waals surface area contributed by atoms with Crippen LogP contribution in [0.5, 0.6) is 0 Å². The molecule has 3 N–H and O–H groups in total. The van der Waals surface area contributed by atoms with E-state index in [2.05, 4.69) is 32.0 Å². The molecule has 1 atom stereocenters. The first kappa shape index (κ1) is 15.4. The summed E-state index contributed by atoms with van der Waals surface area (Å²) >= 11 is 0. The van der Waals surface area contributed by atoms with E-state index in [0.717, 1.165) is 5.56 Å². The third-order valence-electron chi connectivity index (χ3n) is 3.02. The van der Waals surface area contributed by atoms with Crippen molar-refractivity contribution in [3.05, 3.63) is 34.9 Å². The molecule has 0 unspecified atom stereocenters. The predicted molar refractivity (Wildman–Crippen MR) is 71.0 cm³/mol. The van der Waals surface area contributed by atoms with Crippen LogP contribution in [0.2, 0.25) is 0 Å². The average Bonchev–Trinajstić information content (AvgIpc) is 2.20. The number of hydrogen-bond acceptors (Lipinski definition) is 2.